The van der Waals surface area contributed by atoms with E-state index in [2.05, 4.69) is 32.8 Å². The number of aromatic nitrogens is 2. The molecular weight excluding hydrogens is 321 g/mol. The number of halogens is 2. The molecule has 22 heavy (non-hydrogen) atoms. The van der Waals surface area contributed by atoms with Crippen LogP contribution in [0.25, 0.3) is 0 Å². The van der Waals surface area contributed by atoms with E-state index in [1.165, 1.54) is 11.3 Å². The molecule has 2 N–H and O–H groups in total. The van der Waals surface area contributed by atoms with E-state index in [0.717, 1.165) is 37.0 Å². The normalized spacial score (nSPS) is 15.2. The molecule has 0 aliphatic carbocycles. The summed E-state index contributed by atoms with van der Waals surface area (Å²) in [5, 5.41) is 1.13. The Morgan fingerprint density at radius 2 is 1.68 bits per heavy atom. The van der Waals surface area contributed by atoms with Crippen molar-refractivity contribution >= 4 is 40.7 Å². The van der Waals surface area contributed by atoms with Crippen LogP contribution in [0.2, 0.25) is 10.2 Å². The zero-order chi connectivity index (χ0) is 15.7. The monoisotopic (exact) mass is 337 g/mol. The standard InChI is InChI=1S/C15H17Cl2N5/c1-10-2-3-11(16)8-12(10)21-4-6-22(7-5-21)14-9-13(17)19-15(18)20-14/h2-3,8-9H,4-7H2,1H3,(H2,18,19,20). The third-order valence-corrected chi connectivity index (χ3v) is 4.24. The van der Waals surface area contributed by atoms with Crippen LogP contribution >= 0.6 is 23.2 Å². The van der Waals surface area contributed by atoms with Crippen molar-refractivity contribution in [3.05, 3.63) is 40.0 Å². The Hall–Kier alpha value is -1.72. The zero-order valence-electron chi connectivity index (χ0n) is 12.3. The molecule has 1 saturated heterocycles. The number of piperazine rings is 1. The molecule has 0 amide bonds. The van der Waals surface area contributed by atoms with Gasteiger partial charge in [-0.1, -0.05) is 29.3 Å². The maximum absolute atomic E-state index is 6.11. The second-order valence-corrected chi connectivity index (χ2v) is 6.14. The van der Waals surface area contributed by atoms with Gasteiger partial charge in [0.05, 0.1) is 0 Å². The van der Waals surface area contributed by atoms with Crippen LogP contribution in [0.5, 0.6) is 0 Å². The second-order valence-electron chi connectivity index (χ2n) is 5.31. The first-order valence-corrected chi connectivity index (χ1v) is 7.84. The zero-order valence-corrected chi connectivity index (χ0v) is 13.8. The summed E-state index contributed by atoms with van der Waals surface area (Å²) in [6.45, 7) is 5.58. The molecule has 2 heterocycles. The number of aryl methyl sites for hydroxylation is 1. The fourth-order valence-electron chi connectivity index (χ4n) is 2.68. The largest absolute Gasteiger partial charge is 0.368 e. The van der Waals surface area contributed by atoms with E-state index in [1.54, 1.807) is 6.07 Å². The molecule has 0 saturated carbocycles. The molecule has 0 bridgehead atoms. The van der Waals surface area contributed by atoms with Gasteiger partial charge in [0.15, 0.2) is 0 Å². The van der Waals surface area contributed by atoms with Crippen molar-refractivity contribution in [3.8, 4) is 0 Å². The lowest BCUT2D eigenvalue weighted by Gasteiger charge is -2.37. The molecule has 1 aliphatic heterocycles. The molecule has 2 aromatic rings. The molecule has 0 radical (unpaired) electrons. The second kappa shape index (κ2) is 6.18. The van der Waals surface area contributed by atoms with E-state index in [0.29, 0.717) is 5.15 Å². The molecule has 0 spiro atoms. The first-order chi connectivity index (χ1) is 10.5. The maximum atomic E-state index is 6.11. The molecule has 1 aromatic heterocycles. The first-order valence-electron chi connectivity index (χ1n) is 7.09. The van der Waals surface area contributed by atoms with Crippen LogP contribution < -0.4 is 15.5 Å². The van der Waals surface area contributed by atoms with E-state index in [9.17, 15) is 0 Å². The van der Waals surface area contributed by atoms with Crippen LogP contribution in [-0.4, -0.2) is 36.1 Å². The Bertz CT molecular complexity index is 663. The molecule has 3 rings (SSSR count). The van der Waals surface area contributed by atoms with Gasteiger partial charge in [-0.05, 0) is 24.6 Å². The van der Waals surface area contributed by atoms with Crippen LogP contribution in [0.1, 0.15) is 5.56 Å². The van der Waals surface area contributed by atoms with Gasteiger partial charge in [0.2, 0.25) is 5.95 Å². The summed E-state index contributed by atoms with van der Waals surface area (Å²) >= 11 is 12.1. The Morgan fingerprint density at radius 3 is 2.36 bits per heavy atom. The van der Waals surface area contributed by atoms with Crippen molar-refractivity contribution in [1.82, 2.24) is 9.97 Å². The summed E-state index contributed by atoms with van der Waals surface area (Å²) in [4.78, 5) is 12.7. The Balaban J connectivity index is 1.73. The van der Waals surface area contributed by atoms with Gasteiger partial charge >= 0.3 is 0 Å². The summed E-state index contributed by atoms with van der Waals surface area (Å²) in [5.41, 5.74) is 8.08. The molecule has 116 valence electrons. The van der Waals surface area contributed by atoms with Gasteiger partial charge in [-0.2, -0.15) is 4.98 Å². The molecule has 1 aliphatic rings. The number of nitrogens with two attached hydrogens (primary N) is 1. The number of anilines is 3. The predicted molar refractivity (Wildman–Crippen MR) is 92.1 cm³/mol. The van der Waals surface area contributed by atoms with E-state index < -0.39 is 0 Å². The Labute approximate surface area is 139 Å². The van der Waals surface area contributed by atoms with Crippen LogP contribution in [0.15, 0.2) is 24.3 Å². The summed E-state index contributed by atoms with van der Waals surface area (Å²) in [7, 11) is 0. The molecule has 1 fully saturated rings. The number of nitrogens with zero attached hydrogens (tertiary/aromatic N) is 4. The van der Waals surface area contributed by atoms with Gasteiger partial charge < -0.3 is 15.5 Å². The minimum atomic E-state index is 0.204. The van der Waals surface area contributed by atoms with Crippen molar-refractivity contribution in [3.63, 3.8) is 0 Å². The van der Waals surface area contributed by atoms with Crippen molar-refractivity contribution < 1.29 is 0 Å². The quantitative estimate of drug-likeness (QED) is 0.853. The van der Waals surface area contributed by atoms with Crippen LogP contribution in [0.4, 0.5) is 17.5 Å². The van der Waals surface area contributed by atoms with E-state index in [-0.39, 0.29) is 5.95 Å². The average Bonchev–Trinajstić information content (AvgIpc) is 2.49. The van der Waals surface area contributed by atoms with Crippen LogP contribution in [0.3, 0.4) is 0 Å². The van der Waals surface area contributed by atoms with E-state index in [1.807, 2.05) is 12.1 Å². The smallest absolute Gasteiger partial charge is 0.223 e. The lowest BCUT2D eigenvalue weighted by Crippen LogP contribution is -2.47. The Kier molecular flexibility index (Phi) is 4.27. The number of benzene rings is 1. The number of hydrogen-bond acceptors (Lipinski definition) is 5. The number of hydrogen-bond donors (Lipinski definition) is 1. The lowest BCUT2D eigenvalue weighted by atomic mass is 10.1. The fraction of sp³-hybridized carbons (Fsp3) is 0.333. The highest BCUT2D eigenvalue weighted by Gasteiger charge is 2.20. The maximum Gasteiger partial charge on any atom is 0.223 e. The highest BCUT2D eigenvalue weighted by molar-refractivity contribution is 6.31. The number of rotatable bonds is 2. The van der Waals surface area contributed by atoms with Crippen molar-refractivity contribution in [2.24, 2.45) is 0 Å². The van der Waals surface area contributed by atoms with Gasteiger partial charge in [0.1, 0.15) is 11.0 Å². The minimum absolute atomic E-state index is 0.204. The number of nitrogen functional groups attached to an aromatic ring is 1. The molecular formula is C15H17Cl2N5. The SMILES string of the molecule is Cc1ccc(Cl)cc1N1CCN(c2cc(Cl)nc(N)n2)CC1. The van der Waals surface area contributed by atoms with Crippen molar-refractivity contribution in [1.29, 1.82) is 0 Å². The highest BCUT2D eigenvalue weighted by Crippen LogP contribution is 2.26. The average molecular weight is 338 g/mol. The van der Waals surface area contributed by atoms with Crippen molar-refractivity contribution in [2.45, 2.75) is 6.92 Å². The summed E-state index contributed by atoms with van der Waals surface area (Å²) < 4.78 is 0. The third kappa shape index (κ3) is 3.20. The summed E-state index contributed by atoms with van der Waals surface area (Å²) in [6.07, 6.45) is 0. The van der Waals surface area contributed by atoms with E-state index in [4.69, 9.17) is 28.9 Å². The van der Waals surface area contributed by atoms with Gasteiger partial charge in [-0.15, -0.1) is 0 Å². The van der Waals surface area contributed by atoms with Gasteiger partial charge in [-0.25, -0.2) is 4.98 Å². The molecule has 5 nitrogen and oxygen atoms in total. The first kappa shape index (κ1) is 15.2. The highest BCUT2D eigenvalue weighted by atomic mass is 35.5. The minimum Gasteiger partial charge on any atom is -0.368 e. The molecule has 7 heteroatoms. The lowest BCUT2D eigenvalue weighted by molar-refractivity contribution is 0.646. The molecule has 1 aromatic carbocycles. The van der Waals surface area contributed by atoms with Gasteiger partial charge in [-0.3, -0.25) is 0 Å². The summed E-state index contributed by atoms with van der Waals surface area (Å²) in [6, 6.07) is 7.74. The topological polar surface area (TPSA) is 58.3 Å². The van der Waals surface area contributed by atoms with Gasteiger partial charge in [0.25, 0.3) is 0 Å². The van der Waals surface area contributed by atoms with Gasteiger partial charge in [0, 0.05) is 43.0 Å². The van der Waals surface area contributed by atoms with Crippen LogP contribution in [0, 0.1) is 6.92 Å². The fourth-order valence-corrected chi connectivity index (χ4v) is 3.04. The third-order valence-electron chi connectivity index (χ3n) is 3.81. The van der Waals surface area contributed by atoms with Crippen LogP contribution in [-0.2, 0) is 0 Å². The van der Waals surface area contributed by atoms with E-state index >= 15 is 0 Å². The Morgan fingerprint density at radius 1 is 1.00 bits per heavy atom. The molecule has 0 atom stereocenters. The molecule has 0 unspecified atom stereocenters. The van der Waals surface area contributed by atoms with Crippen molar-refractivity contribution in [2.75, 3.05) is 41.7 Å². The predicted octanol–water partition coefficient (Wildman–Crippen LogP) is 3.00. The summed E-state index contributed by atoms with van der Waals surface area (Å²) in [5.74, 6) is 0.982.